The number of carbonyl (C=O) groups is 2. The maximum absolute atomic E-state index is 13.0. The molecule has 0 bridgehead atoms. The van der Waals surface area contributed by atoms with Crippen LogP contribution in [0.15, 0.2) is 65.8 Å². The third kappa shape index (κ3) is 3.71. The van der Waals surface area contributed by atoms with Crippen molar-refractivity contribution >= 4 is 11.6 Å². The Labute approximate surface area is 170 Å². The molecule has 30 heavy (non-hydrogen) atoms. The first-order valence-corrected chi connectivity index (χ1v) is 8.97. The van der Waals surface area contributed by atoms with Crippen LogP contribution in [-0.2, 0) is 4.74 Å². The molecule has 0 aliphatic carbocycles. The minimum atomic E-state index is -2.87. The zero-order valence-corrected chi connectivity index (χ0v) is 15.5. The van der Waals surface area contributed by atoms with Crippen LogP contribution in [0.1, 0.15) is 20.7 Å². The largest absolute Gasteiger partial charge is 0.387 e. The van der Waals surface area contributed by atoms with Crippen molar-refractivity contribution in [1.82, 2.24) is 0 Å². The summed E-state index contributed by atoms with van der Waals surface area (Å²) in [7, 11) is 0. The lowest BCUT2D eigenvalue weighted by molar-refractivity contribution is -0.274. The second kappa shape index (κ2) is 8.72. The lowest BCUT2D eigenvalue weighted by Crippen LogP contribution is -2.71. The van der Waals surface area contributed by atoms with E-state index in [9.17, 15) is 30.0 Å². The summed E-state index contributed by atoms with van der Waals surface area (Å²) in [6.07, 6.45) is -8.19. The topological polar surface area (TPSA) is 173 Å². The fourth-order valence-corrected chi connectivity index (χ4v) is 3.41. The van der Waals surface area contributed by atoms with Crippen LogP contribution < -0.4 is 0 Å². The highest BCUT2D eigenvalue weighted by atomic mass is 16.6. The van der Waals surface area contributed by atoms with E-state index in [1.165, 1.54) is 36.4 Å². The summed E-state index contributed by atoms with van der Waals surface area (Å²) < 4.78 is 5.11. The molecule has 1 aliphatic rings. The van der Waals surface area contributed by atoms with Crippen molar-refractivity contribution in [3.8, 4) is 0 Å². The Morgan fingerprint density at radius 3 is 2.10 bits per heavy atom. The lowest BCUT2D eigenvalue weighted by atomic mass is 9.75. The molecular weight excluding hydrogens is 394 g/mol. The number of hydrogen-bond donors (Lipinski definition) is 4. The second-order valence-corrected chi connectivity index (χ2v) is 6.78. The Kier molecular flexibility index (Phi) is 6.28. The van der Waals surface area contributed by atoms with Gasteiger partial charge in [-0.3, -0.25) is 9.59 Å². The minimum Gasteiger partial charge on any atom is -0.387 e. The van der Waals surface area contributed by atoms with Crippen molar-refractivity contribution in [2.24, 2.45) is 5.11 Å². The van der Waals surface area contributed by atoms with Gasteiger partial charge in [-0.15, -0.1) is 0 Å². The smallest absolute Gasteiger partial charge is 0.197 e. The summed E-state index contributed by atoms with van der Waals surface area (Å²) in [6.45, 7) is 0. The van der Waals surface area contributed by atoms with Crippen LogP contribution >= 0.6 is 0 Å². The number of ketones is 2. The van der Waals surface area contributed by atoms with Crippen LogP contribution in [0, 0.1) is 0 Å². The molecular formula is C20H19N3O7. The predicted molar refractivity (Wildman–Crippen MR) is 102 cm³/mol. The standard InChI is InChI=1S/C20H19N3O7/c21-23-22-16-19(28)30-15(14(25)13(24)11-7-3-1-4-8-11)18(27)20(16,29)17(26)12-9-5-2-6-10-12/h1-10,14-16,18-19,25,27-29H/t14?,15-,16+,18-,19?,20+/m1/s1. The quantitative estimate of drug-likeness (QED) is 0.232. The number of hydrogen-bond acceptors (Lipinski definition) is 8. The molecule has 10 heteroatoms. The van der Waals surface area contributed by atoms with Gasteiger partial charge in [0, 0.05) is 16.0 Å². The first-order chi connectivity index (χ1) is 14.3. The predicted octanol–water partition coefficient (Wildman–Crippen LogP) is 0.601. The van der Waals surface area contributed by atoms with E-state index in [-0.39, 0.29) is 11.1 Å². The first kappa shape index (κ1) is 21.6. The maximum atomic E-state index is 13.0. The highest BCUT2D eigenvalue weighted by molar-refractivity contribution is 6.04. The van der Waals surface area contributed by atoms with E-state index in [4.69, 9.17) is 10.3 Å². The normalized spacial score (nSPS) is 29.5. The molecule has 1 aliphatic heterocycles. The number of ether oxygens (including phenoxy) is 1. The number of azide groups is 1. The van der Waals surface area contributed by atoms with Crippen molar-refractivity contribution < 1.29 is 34.8 Å². The molecule has 3 rings (SSSR count). The number of benzene rings is 2. The number of nitrogens with zero attached hydrogens (tertiary/aromatic N) is 3. The molecule has 6 atom stereocenters. The summed E-state index contributed by atoms with van der Waals surface area (Å²) in [5.74, 6) is -1.93. The summed E-state index contributed by atoms with van der Waals surface area (Å²) >= 11 is 0. The van der Waals surface area contributed by atoms with E-state index < -0.39 is 47.8 Å². The van der Waals surface area contributed by atoms with E-state index >= 15 is 0 Å². The molecule has 10 nitrogen and oxygen atoms in total. The molecule has 2 unspecified atom stereocenters. The lowest BCUT2D eigenvalue weighted by Gasteiger charge is -2.47. The molecule has 1 heterocycles. The van der Waals surface area contributed by atoms with Gasteiger partial charge < -0.3 is 25.2 Å². The van der Waals surface area contributed by atoms with Gasteiger partial charge in [-0.1, -0.05) is 65.8 Å². The van der Waals surface area contributed by atoms with Crippen LogP contribution in [0.25, 0.3) is 10.4 Å². The number of carbonyl (C=O) groups excluding carboxylic acids is 2. The van der Waals surface area contributed by atoms with E-state index in [0.717, 1.165) is 0 Å². The Morgan fingerprint density at radius 1 is 1.03 bits per heavy atom. The molecule has 0 aromatic heterocycles. The van der Waals surface area contributed by atoms with Gasteiger partial charge in [0.15, 0.2) is 23.5 Å². The average molecular weight is 413 g/mol. The van der Waals surface area contributed by atoms with E-state index in [0.29, 0.717) is 0 Å². The van der Waals surface area contributed by atoms with Crippen LogP contribution in [0.2, 0.25) is 0 Å². The molecule has 1 fully saturated rings. The minimum absolute atomic E-state index is 0.0473. The summed E-state index contributed by atoms with van der Waals surface area (Å²) in [5, 5.41) is 46.0. The van der Waals surface area contributed by atoms with Crippen molar-refractivity contribution in [1.29, 1.82) is 0 Å². The Bertz CT molecular complexity index is 965. The molecule has 2 aromatic carbocycles. The molecule has 0 spiro atoms. The van der Waals surface area contributed by atoms with Gasteiger partial charge in [0.1, 0.15) is 24.4 Å². The van der Waals surface area contributed by atoms with Crippen LogP contribution in [0.3, 0.4) is 0 Å². The van der Waals surface area contributed by atoms with Crippen LogP contribution in [0.4, 0.5) is 0 Å². The maximum Gasteiger partial charge on any atom is 0.197 e. The second-order valence-electron chi connectivity index (χ2n) is 6.78. The Balaban J connectivity index is 2.01. The van der Waals surface area contributed by atoms with Gasteiger partial charge in [0.2, 0.25) is 0 Å². The van der Waals surface area contributed by atoms with Crippen LogP contribution in [-0.4, -0.2) is 68.2 Å². The number of aliphatic hydroxyl groups is 4. The molecule has 2 aromatic rings. The average Bonchev–Trinajstić information content (AvgIpc) is 2.78. The van der Waals surface area contributed by atoms with Gasteiger partial charge in [-0.2, -0.15) is 0 Å². The van der Waals surface area contributed by atoms with E-state index in [1.54, 1.807) is 24.3 Å². The zero-order valence-electron chi connectivity index (χ0n) is 15.5. The third-order valence-electron chi connectivity index (χ3n) is 4.99. The first-order valence-electron chi connectivity index (χ1n) is 8.97. The van der Waals surface area contributed by atoms with Gasteiger partial charge in [0.25, 0.3) is 0 Å². The van der Waals surface area contributed by atoms with Crippen molar-refractivity contribution in [2.75, 3.05) is 0 Å². The van der Waals surface area contributed by atoms with E-state index in [2.05, 4.69) is 10.0 Å². The summed E-state index contributed by atoms with van der Waals surface area (Å²) in [6, 6.07) is 13.0. The fraction of sp³-hybridized carbons (Fsp3) is 0.300. The summed E-state index contributed by atoms with van der Waals surface area (Å²) in [4.78, 5) is 28.1. The number of Topliss-reactive ketones (excluding diaryl/α,β-unsaturated/α-hetero) is 2. The van der Waals surface area contributed by atoms with Crippen molar-refractivity contribution in [3.05, 3.63) is 82.2 Å². The van der Waals surface area contributed by atoms with Gasteiger partial charge in [-0.25, -0.2) is 0 Å². The zero-order chi connectivity index (χ0) is 21.9. The van der Waals surface area contributed by atoms with Crippen molar-refractivity contribution in [3.63, 3.8) is 0 Å². The van der Waals surface area contributed by atoms with E-state index in [1.807, 2.05) is 0 Å². The molecule has 4 N–H and O–H groups in total. The number of rotatable bonds is 6. The van der Waals surface area contributed by atoms with Crippen molar-refractivity contribution in [2.45, 2.75) is 36.2 Å². The SMILES string of the molecule is [N-]=[N+]=N[C@H]1C(O)O[C@H](C(O)C(=O)c2ccccc2)[C@@H](O)[C@@]1(O)C(=O)c1ccccc1. The molecule has 0 radical (unpaired) electrons. The van der Waals surface area contributed by atoms with Gasteiger partial charge in [0.05, 0.1) is 0 Å². The summed E-state index contributed by atoms with van der Waals surface area (Å²) in [5.41, 5.74) is 5.98. The van der Waals surface area contributed by atoms with Gasteiger partial charge >= 0.3 is 0 Å². The van der Waals surface area contributed by atoms with Crippen LogP contribution in [0.5, 0.6) is 0 Å². The Hall–Kier alpha value is -3.11. The Morgan fingerprint density at radius 2 is 1.57 bits per heavy atom. The fourth-order valence-electron chi connectivity index (χ4n) is 3.41. The molecule has 1 saturated heterocycles. The highest BCUT2D eigenvalue weighted by Gasteiger charge is 2.61. The molecule has 0 amide bonds. The van der Waals surface area contributed by atoms with Gasteiger partial charge in [-0.05, 0) is 5.53 Å². The molecule has 0 saturated carbocycles. The number of aliphatic hydroxyl groups excluding tert-OH is 3. The monoisotopic (exact) mass is 413 g/mol. The molecule has 156 valence electrons. The third-order valence-corrected chi connectivity index (χ3v) is 4.99. The highest BCUT2D eigenvalue weighted by Crippen LogP contribution is 2.36.